The molecule has 3 aromatic rings. The Morgan fingerprint density at radius 2 is 1.85 bits per heavy atom. The quantitative estimate of drug-likeness (QED) is 0.647. The van der Waals surface area contributed by atoms with E-state index in [1.807, 2.05) is 47.8 Å². The smallest absolute Gasteiger partial charge is 0.246 e. The number of hydrogen-bond donors (Lipinski definition) is 0. The summed E-state index contributed by atoms with van der Waals surface area (Å²) in [5.41, 5.74) is 1.65. The van der Waals surface area contributed by atoms with Gasteiger partial charge in [0.2, 0.25) is 10.0 Å². The zero-order valence-corrected chi connectivity index (χ0v) is 16.9. The molecule has 1 saturated heterocycles. The Balaban J connectivity index is 1.72. The van der Waals surface area contributed by atoms with E-state index in [1.54, 1.807) is 15.2 Å². The van der Waals surface area contributed by atoms with Gasteiger partial charge < -0.3 is 0 Å². The Labute approximate surface area is 164 Å². The second kappa shape index (κ2) is 7.58. The molecule has 5 nitrogen and oxygen atoms in total. The van der Waals surface area contributed by atoms with Crippen LogP contribution in [0.15, 0.2) is 58.9 Å². The summed E-state index contributed by atoms with van der Waals surface area (Å²) in [5, 5.41) is 6.59. The minimum Gasteiger partial charge on any atom is -0.266 e. The Kier molecular flexibility index (Phi) is 5.16. The monoisotopic (exact) mass is 401 g/mol. The maximum absolute atomic E-state index is 13.4. The average molecular weight is 402 g/mol. The second-order valence-corrected chi connectivity index (χ2v) is 9.94. The largest absolute Gasteiger partial charge is 0.266 e. The molecular formula is C20H23N3O2S2. The number of rotatable bonds is 5. The molecule has 142 valence electrons. The number of nitrogens with zero attached hydrogens (tertiary/aromatic N) is 3. The van der Waals surface area contributed by atoms with Crippen molar-refractivity contribution < 1.29 is 8.42 Å². The zero-order valence-electron chi connectivity index (χ0n) is 15.3. The van der Waals surface area contributed by atoms with Crippen LogP contribution in [-0.4, -0.2) is 35.6 Å². The Morgan fingerprint density at radius 3 is 2.52 bits per heavy atom. The predicted molar refractivity (Wildman–Crippen MR) is 108 cm³/mol. The molecule has 0 bridgehead atoms. The van der Waals surface area contributed by atoms with Crippen molar-refractivity contribution in [1.82, 2.24) is 14.1 Å². The number of aromatic nitrogens is 2. The Hall–Kier alpha value is -1.96. The third-order valence-corrected chi connectivity index (χ3v) is 7.81. The van der Waals surface area contributed by atoms with Crippen LogP contribution in [0.3, 0.4) is 0 Å². The first-order valence-electron chi connectivity index (χ1n) is 9.19. The van der Waals surface area contributed by atoms with Gasteiger partial charge in [-0.15, -0.1) is 11.3 Å². The lowest BCUT2D eigenvalue weighted by Crippen LogP contribution is -2.37. The van der Waals surface area contributed by atoms with Crippen molar-refractivity contribution in [3.05, 3.63) is 59.6 Å². The van der Waals surface area contributed by atoms with E-state index in [4.69, 9.17) is 0 Å². The molecule has 0 saturated carbocycles. The summed E-state index contributed by atoms with van der Waals surface area (Å²) in [6, 6.07) is 13.8. The molecular weight excluding hydrogens is 378 g/mol. The van der Waals surface area contributed by atoms with Gasteiger partial charge in [0.25, 0.3) is 0 Å². The summed E-state index contributed by atoms with van der Waals surface area (Å²) in [5.74, 6) is 0.578. The molecule has 0 radical (unpaired) electrons. The summed E-state index contributed by atoms with van der Waals surface area (Å²) in [6.07, 6.45) is 3.51. The summed E-state index contributed by atoms with van der Waals surface area (Å²) < 4.78 is 30.1. The van der Waals surface area contributed by atoms with E-state index in [0.29, 0.717) is 36.1 Å². The van der Waals surface area contributed by atoms with Crippen molar-refractivity contribution in [3.63, 3.8) is 0 Å². The molecule has 0 aliphatic carbocycles. The van der Waals surface area contributed by atoms with Crippen LogP contribution in [0.1, 0.15) is 25.3 Å². The standard InChI is InChI=1S/C20H23N3O2S2/c1-16-9-11-23(12-10-16)27(24,25)19-15-22(14-17-6-3-2-4-7-17)21-20(19)18-8-5-13-26-18/h2-8,13,15-16H,9-12,14H2,1H3. The molecule has 1 fully saturated rings. The average Bonchev–Trinajstić information content (AvgIpc) is 3.33. The molecule has 1 aromatic carbocycles. The lowest BCUT2D eigenvalue weighted by Gasteiger charge is -2.29. The van der Waals surface area contributed by atoms with Gasteiger partial charge in [0.1, 0.15) is 10.6 Å². The molecule has 3 heterocycles. The van der Waals surface area contributed by atoms with Crippen LogP contribution in [0.25, 0.3) is 10.6 Å². The van der Waals surface area contributed by atoms with Crippen molar-refractivity contribution in [2.75, 3.05) is 13.1 Å². The van der Waals surface area contributed by atoms with Gasteiger partial charge in [0, 0.05) is 19.3 Å². The maximum Gasteiger partial charge on any atom is 0.246 e. The Morgan fingerprint density at radius 1 is 1.11 bits per heavy atom. The number of sulfonamides is 1. The molecule has 2 aromatic heterocycles. The normalized spacial score (nSPS) is 16.6. The van der Waals surface area contributed by atoms with Gasteiger partial charge in [-0.1, -0.05) is 43.3 Å². The van der Waals surface area contributed by atoms with Crippen LogP contribution in [-0.2, 0) is 16.6 Å². The third kappa shape index (κ3) is 3.85. The first kappa shape index (κ1) is 18.4. The molecule has 1 aliphatic rings. The summed E-state index contributed by atoms with van der Waals surface area (Å²) >= 11 is 1.51. The highest BCUT2D eigenvalue weighted by molar-refractivity contribution is 7.89. The highest BCUT2D eigenvalue weighted by Gasteiger charge is 2.32. The fourth-order valence-corrected chi connectivity index (χ4v) is 5.80. The summed E-state index contributed by atoms with van der Waals surface area (Å²) in [6.45, 7) is 3.89. The molecule has 27 heavy (non-hydrogen) atoms. The maximum atomic E-state index is 13.4. The topological polar surface area (TPSA) is 55.2 Å². The minimum atomic E-state index is -3.56. The van der Waals surface area contributed by atoms with E-state index < -0.39 is 10.0 Å². The fraction of sp³-hybridized carbons (Fsp3) is 0.350. The molecule has 0 N–H and O–H groups in total. The van der Waals surface area contributed by atoms with Crippen molar-refractivity contribution in [1.29, 1.82) is 0 Å². The SMILES string of the molecule is CC1CCN(S(=O)(=O)c2cn(Cc3ccccc3)nc2-c2cccs2)CC1. The molecule has 0 unspecified atom stereocenters. The van der Waals surface area contributed by atoms with Crippen LogP contribution in [0, 0.1) is 5.92 Å². The Bertz CT molecular complexity index is 987. The fourth-order valence-electron chi connectivity index (χ4n) is 3.39. The van der Waals surface area contributed by atoms with Crippen molar-refractivity contribution in [2.45, 2.75) is 31.2 Å². The van der Waals surface area contributed by atoms with Crippen LogP contribution in [0.2, 0.25) is 0 Å². The second-order valence-electron chi connectivity index (χ2n) is 7.09. The number of piperidine rings is 1. The van der Waals surface area contributed by atoms with Gasteiger partial charge in [0.15, 0.2) is 0 Å². The summed E-state index contributed by atoms with van der Waals surface area (Å²) in [4.78, 5) is 1.20. The van der Waals surface area contributed by atoms with Crippen LogP contribution < -0.4 is 0 Å². The first-order valence-corrected chi connectivity index (χ1v) is 11.5. The van der Waals surface area contributed by atoms with Crippen molar-refractivity contribution in [2.24, 2.45) is 5.92 Å². The van der Waals surface area contributed by atoms with Crippen LogP contribution in [0.4, 0.5) is 0 Å². The molecule has 0 spiro atoms. The van der Waals surface area contributed by atoms with E-state index in [9.17, 15) is 8.42 Å². The van der Waals surface area contributed by atoms with Gasteiger partial charge in [-0.3, -0.25) is 4.68 Å². The number of thiophene rings is 1. The van der Waals surface area contributed by atoms with E-state index >= 15 is 0 Å². The highest BCUT2D eigenvalue weighted by atomic mass is 32.2. The van der Waals surface area contributed by atoms with Gasteiger partial charge in [-0.2, -0.15) is 9.40 Å². The molecule has 4 rings (SSSR count). The molecule has 7 heteroatoms. The van der Waals surface area contributed by atoms with E-state index in [2.05, 4.69) is 12.0 Å². The van der Waals surface area contributed by atoms with Crippen LogP contribution >= 0.6 is 11.3 Å². The zero-order chi connectivity index (χ0) is 18.9. The van der Waals surface area contributed by atoms with E-state index in [1.165, 1.54) is 11.3 Å². The highest BCUT2D eigenvalue weighted by Crippen LogP contribution is 2.33. The predicted octanol–water partition coefficient (Wildman–Crippen LogP) is 4.08. The van der Waals surface area contributed by atoms with Gasteiger partial charge >= 0.3 is 0 Å². The number of benzene rings is 1. The van der Waals surface area contributed by atoms with Crippen molar-refractivity contribution >= 4 is 21.4 Å². The van der Waals surface area contributed by atoms with Crippen molar-refractivity contribution in [3.8, 4) is 10.6 Å². The van der Waals surface area contributed by atoms with Gasteiger partial charge in [-0.05, 0) is 35.8 Å². The van der Waals surface area contributed by atoms with Gasteiger partial charge in [-0.25, -0.2) is 8.42 Å². The third-order valence-electron chi connectivity index (χ3n) is 5.03. The molecule has 0 amide bonds. The lowest BCUT2D eigenvalue weighted by molar-refractivity contribution is 0.288. The summed E-state index contributed by atoms with van der Waals surface area (Å²) in [7, 11) is -3.56. The number of hydrogen-bond acceptors (Lipinski definition) is 4. The molecule has 1 aliphatic heterocycles. The minimum absolute atomic E-state index is 0.315. The lowest BCUT2D eigenvalue weighted by atomic mass is 10.0. The van der Waals surface area contributed by atoms with E-state index in [-0.39, 0.29) is 0 Å². The van der Waals surface area contributed by atoms with Gasteiger partial charge in [0.05, 0.1) is 11.4 Å². The molecule has 0 atom stereocenters. The first-order chi connectivity index (χ1) is 13.0. The van der Waals surface area contributed by atoms with E-state index in [0.717, 1.165) is 23.3 Å². The van der Waals surface area contributed by atoms with Crippen LogP contribution in [0.5, 0.6) is 0 Å².